The second-order valence-corrected chi connectivity index (χ2v) is 8.19. The molecular formula is C21H30N4OS. The van der Waals surface area contributed by atoms with E-state index in [9.17, 15) is 0 Å². The predicted octanol–water partition coefficient (Wildman–Crippen LogP) is 4.07. The van der Waals surface area contributed by atoms with Crippen LogP contribution in [0.1, 0.15) is 48.1 Å². The molecule has 3 rings (SSSR count). The molecule has 146 valence electrons. The van der Waals surface area contributed by atoms with Crippen molar-refractivity contribution >= 4 is 17.3 Å². The van der Waals surface area contributed by atoms with Gasteiger partial charge in [-0.2, -0.15) is 0 Å². The largest absolute Gasteiger partial charge is 0.490 e. The smallest absolute Gasteiger partial charge is 0.191 e. The lowest BCUT2D eigenvalue weighted by molar-refractivity contribution is 0.208. The van der Waals surface area contributed by atoms with Gasteiger partial charge in [0, 0.05) is 36.1 Å². The van der Waals surface area contributed by atoms with Crippen molar-refractivity contribution in [3.05, 3.63) is 45.9 Å². The molecule has 1 heterocycles. The molecule has 0 unspecified atom stereocenters. The fourth-order valence-corrected chi connectivity index (χ4v) is 4.03. The van der Waals surface area contributed by atoms with Crippen LogP contribution in [0.2, 0.25) is 0 Å². The molecule has 2 aromatic rings. The Morgan fingerprint density at radius 3 is 2.81 bits per heavy atom. The first-order valence-corrected chi connectivity index (χ1v) is 10.7. The Balaban J connectivity index is 1.57. The van der Waals surface area contributed by atoms with Crippen molar-refractivity contribution in [2.45, 2.75) is 58.6 Å². The van der Waals surface area contributed by atoms with Crippen molar-refractivity contribution in [2.75, 3.05) is 13.1 Å². The van der Waals surface area contributed by atoms with Crippen LogP contribution in [-0.2, 0) is 13.0 Å². The molecule has 1 fully saturated rings. The van der Waals surface area contributed by atoms with Crippen LogP contribution in [0.5, 0.6) is 5.75 Å². The highest BCUT2D eigenvalue weighted by Gasteiger charge is 2.17. The zero-order chi connectivity index (χ0) is 18.9. The zero-order valence-electron chi connectivity index (χ0n) is 16.3. The number of aryl methyl sites for hydroxylation is 1. The third kappa shape index (κ3) is 6.24. The third-order valence-electron chi connectivity index (χ3n) is 4.62. The van der Waals surface area contributed by atoms with Crippen molar-refractivity contribution in [1.29, 1.82) is 0 Å². The molecule has 2 N–H and O–H groups in total. The Labute approximate surface area is 166 Å². The highest BCUT2D eigenvalue weighted by Crippen LogP contribution is 2.27. The molecule has 27 heavy (non-hydrogen) atoms. The van der Waals surface area contributed by atoms with E-state index in [1.54, 1.807) is 11.3 Å². The van der Waals surface area contributed by atoms with Crippen LogP contribution < -0.4 is 15.4 Å². The minimum atomic E-state index is 0.364. The fraction of sp³-hybridized carbons (Fsp3) is 0.524. The number of hydrogen-bond acceptors (Lipinski definition) is 4. The molecule has 0 amide bonds. The SMILES string of the molecule is CCNC(=NCc1ccccc1OC1CCCC1)NCCc1ncc(C)s1. The molecule has 0 bridgehead atoms. The molecule has 0 atom stereocenters. The van der Waals surface area contributed by atoms with E-state index in [0.717, 1.165) is 54.6 Å². The van der Waals surface area contributed by atoms with E-state index < -0.39 is 0 Å². The van der Waals surface area contributed by atoms with Crippen LogP contribution in [0.25, 0.3) is 0 Å². The molecule has 5 nitrogen and oxygen atoms in total. The quantitative estimate of drug-likeness (QED) is 0.530. The highest BCUT2D eigenvalue weighted by molar-refractivity contribution is 7.11. The number of aromatic nitrogens is 1. The molecule has 0 radical (unpaired) electrons. The minimum Gasteiger partial charge on any atom is -0.490 e. The summed E-state index contributed by atoms with van der Waals surface area (Å²) in [6.45, 7) is 6.43. The van der Waals surface area contributed by atoms with Gasteiger partial charge in [0.2, 0.25) is 0 Å². The summed E-state index contributed by atoms with van der Waals surface area (Å²) in [4.78, 5) is 10.4. The number of aliphatic imine (C=N–C) groups is 1. The van der Waals surface area contributed by atoms with Gasteiger partial charge in [0.1, 0.15) is 5.75 Å². The predicted molar refractivity (Wildman–Crippen MR) is 113 cm³/mol. The monoisotopic (exact) mass is 386 g/mol. The highest BCUT2D eigenvalue weighted by atomic mass is 32.1. The van der Waals surface area contributed by atoms with Crippen LogP contribution in [-0.4, -0.2) is 30.1 Å². The molecule has 1 saturated carbocycles. The van der Waals surface area contributed by atoms with Gasteiger partial charge in [-0.05, 0) is 45.6 Å². The second kappa shape index (κ2) is 10.3. The van der Waals surface area contributed by atoms with Crippen LogP contribution >= 0.6 is 11.3 Å². The number of nitrogens with zero attached hydrogens (tertiary/aromatic N) is 2. The molecule has 6 heteroatoms. The van der Waals surface area contributed by atoms with E-state index in [1.165, 1.54) is 17.7 Å². The van der Waals surface area contributed by atoms with Gasteiger partial charge in [0.15, 0.2) is 5.96 Å². The Kier molecular flexibility index (Phi) is 7.51. The van der Waals surface area contributed by atoms with Crippen molar-refractivity contribution in [3.63, 3.8) is 0 Å². The Hall–Kier alpha value is -2.08. The number of nitrogens with one attached hydrogen (secondary N) is 2. The number of hydrogen-bond donors (Lipinski definition) is 2. The average molecular weight is 387 g/mol. The first-order valence-electron chi connectivity index (χ1n) is 9.92. The summed E-state index contributed by atoms with van der Waals surface area (Å²) in [5, 5.41) is 7.88. The summed E-state index contributed by atoms with van der Waals surface area (Å²) >= 11 is 1.75. The van der Waals surface area contributed by atoms with Crippen LogP contribution in [0.4, 0.5) is 0 Å². The maximum atomic E-state index is 6.22. The molecule has 1 aliphatic rings. The standard InChI is InChI=1S/C21H30N4OS/c1-3-22-21(23-13-12-20-24-14-16(2)27-20)25-15-17-8-4-7-11-19(17)26-18-9-5-6-10-18/h4,7-8,11,14,18H,3,5-6,9-10,12-13,15H2,1-2H3,(H2,22,23,25). The Morgan fingerprint density at radius 1 is 1.26 bits per heavy atom. The number of rotatable bonds is 8. The second-order valence-electron chi connectivity index (χ2n) is 6.87. The summed E-state index contributed by atoms with van der Waals surface area (Å²) in [5.74, 6) is 1.81. The number of ether oxygens (including phenoxy) is 1. The van der Waals surface area contributed by atoms with Gasteiger partial charge in [0.25, 0.3) is 0 Å². The lowest BCUT2D eigenvalue weighted by Gasteiger charge is -2.16. The van der Waals surface area contributed by atoms with Gasteiger partial charge in [-0.3, -0.25) is 0 Å². The van der Waals surface area contributed by atoms with E-state index in [2.05, 4.69) is 47.7 Å². The molecule has 1 aromatic heterocycles. The van der Waals surface area contributed by atoms with Crippen LogP contribution in [0.3, 0.4) is 0 Å². The van der Waals surface area contributed by atoms with Crippen molar-refractivity contribution in [1.82, 2.24) is 15.6 Å². The van der Waals surface area contributed by atoms with Gasteiger partial charge in [-0.25, -0.2) is 9.98 Å². The minimum absolute atomic E-state index is 0.364. The van der Waals surface area contributed by atoms with Crippen molar-refractivity contribution in [3.8, 4) is 5.75 Å². The maximum absolute atomic E-state index is 6.22. The summed E-state index contributed by atoms with van der Waals surface area (Å²) in [7, 11) is 0. The molecule has 1 aliphatic carbocycles. The zero-order valence-corrected chi connectivity index (χ0v) is 17.1. The van der Waals surface area contributed by atoms with Gasteiger partial charge in [-0.15, -0.1) is 11.3 Å². The Bertz CT molecular complexity index is 737. The summed E-state index contributed by atoms with van der Waals surface area (Å²) in [6.07, 6.45) is 8.08. The molecular weight excluding hydrogens is 356 g/mol. The fourth-order valence-electron chi connectivity index (χ4n) is 3.25. The summed E-state index contributed by atoms with van der Waals surface area (Å²) in [5.41, 5.74) is 1.14. The van der Waals surface area contributed by atoms with E-state index in [4.69, 9.17) is 9.73 Å². The molecule has 0 spiro atoms. The number of benzene rings is 1. The van der Waals surface area contributed by atoms with Crippen molar-refractivity contribution in [2.24, 2.45) is 4.99 Å². The molecule has 1 aromatic carbocycles. The van der Waals surface area contributed by atoms with Crippen LogP contribution in [0, 0.1) is 6.92 Å². The van der Waals surface area contributed by atoms with E-state index in [1.807, 2.05) is 12.3 Å². The third-order valence-corrected chi connectivity index (χ3v) is 5.59. The van der Waals surface area contributed by atoms with Gasteiger partial charge < -0.3 is 15.4 Å². The Morgan fingerprint density at radius 2 is 2.07 bits per heavy atom. The van der Waals surface area contributed by atoms with Crippen molar-refractivity contribution < 1.29 is 4.74 Å². The maximum Gasteiger partial charge on any atom is 0.191 e. The topological polar surface area (TPSA) is 58.5 Å². The molecule has 0 aliphatic heterocycles. The summed E-state index contributed by atoms with van der Waals surface area (Å²) in [6, 6.07) is 8.26. The molecule has 0 saturated heterocycles. The number of guanidine groups is 1. The number of para-hydroxylation sites is 1. The van der Waals surface area contributed by atoms with Gasteiger partial charge in [0.05, 0.1) is 17.7 Å². The summed E-state index contributed by atoms with van der Waals surface area (Å²) < 4.78 is 6.22. The first kappa shape index (κ1) is 19.7. The van der Waals surface area contributed by atoms with Crippen LogP contribution in [0.15, 0.2) is 35.5 Å². The van der Waals surface area contributed by atoms with Gasteiger partial charge >= 0.3 is 0 Å². The van der Waals surface area contributed by atoms with E-state index in [0.29, 0.717) is 12.6 Å². The number of thiazole rings is 1. The van der Waals surface area contributed by atoms with Gasteiger partial charge in [-0.1, -0.05) is 18.2 Å². The average Bonchev–Trinajstić information content (AvgIpc) is 3.32. The normalized spacial score (nSPS) is 15.1. The van der Waals surface area contributed by atoms with E-state index >= 15 is 0 Å². The van der Waals surface area contributed by atoms with E-state index in [-0.39, 0.29) is 0 Å². The lowest BCUT2D eigenvalue weighted by Crippen LogP contribution is -2.38. The first-order chi connectivity index (χ1) is 13.2. The lowest BCUT2D eigenvalue weighted by atomic mass is 10.2.